The lowest BCUT2D eigenvalue weighted by Crippen LogP contribution is -1.87. The Morgan fingerprint density at radius 3 is 1.63 bits per heavy atom. The maximum absolute atomic E-state index is 10.5. The molecule has 132 valence electrons. The third kappa shape index (κ3) is 3.42. The summed E-state index contributed by atoms with van der Waals surface area (Å²) in [6.45, 7) is 1.93. The molecule has 0 amide bonds. The molecule has 0 atom stereocenters. The van der Waals surface area contributed by atoms with E-state index in [1.807, 2.05) is 61.5 Å². The molecule has 0 radical (unpaired) electrons. The molecule has 2 N–H and O–H groups in total. The van der Waals surface area contributed by atoms with Crippen LogP contribution in [-0.2, 0) is 0 Å². The van der Waals surface area contributed by atoms with Crippen LogP contribution in [0.25, 0.3) is 33.4 Å². The molecule has 0 aromatic heterocycles. The van der Waals surface area contributed by atoms with Crippen LogP contribution in [0.15, 0.2) is 91.0 Å². The van der Waals surface area contributed by atoms with Crippen molar-refractivity contribution in [3.05, 3.63) is 96.6 Å². The Hall–Kier alpha value is -3.52. The maximum Gasteiger partial charge on any atom is 0.126 e. The number of hydrogen-bond donors (Lipinski definition) is 2. The minimum absolute atomic E-state index is 0.267. The van der Waals surface area contributed by atoms with E-state index >= 15 is 0 Å². The first-order chi connectivity index (χ1) is 13.1. The molecule has 4 rings (SSSR count). The highest BCUT2D eigenvalue weighted by Crippen LogP contribution is 2.37. The second-order valence-corrected chi connectivity index (χ2v) is 6.68. The van der Waals surface area contributed by atoms with Gasteiger partial charge in [-0.05, 0) is 64.6 Å². The van der Waals surface area contributed by atoms with Gasteiger partial charge in [0.25, 0.3) is 0 Å². The van der Waals surface area contributed by atoms with Crippen LogP contribution in [0.5, 0.6) is 11.5 Å². The fourth-order valence-electron chi connectivity index (χ4n) is 3.29. The van der Waals surface area contributed by atoms with Gasteiger partial charge in [0.15, 0.2) is 0 Å². The third-order valence-corrected chi connectivity index (χ3v) is 4.80. The van der Waals surface area contributed by atoms with Crippen LogP contribution in [0, 0.1) is 6.92 Å². The Morgan fingerprint density at radius 2 is 1.04 bits per heavy atom. The smallest absolute Gasteiger partial charge is 0.126 e. The van der Waals surface area contributed by atoms with E-state index in [1.165, 1.54) is 0 Å². The quantitative estimate of drug-likeness (QED) is 0.447. The van der Waals surface area contributed by atoms with Crippen molar-refractivity contribution in [1.29, 1.82) is 0 Å². The van der Waals surface area contributed by atoms with Crippen molar-refractivity contribution in [3.63, 3.8) is 0 Å². The van der Waals surface area contributed by atoms with Crippen molar-refractivity contribution < 1.29 is 10.2 Å². The average molecular weight is 352 g/mol. The van der Waals surface area contributed by atoms with Crippen LogP contribution < -0.4 is 0 Å². The van der Waals surface area contributed by atoms with Crippen LogP contribution in [0.1, 0.15) is 5.56 Å². The van der Waals surface area contributed by atoms with Gasteiger partial charge in [0.2, 0.25) is 0 Å². The SMILES string of the molecule is Cc1cc(-c2ccc(-c3ccc(O)cc3)cc2)cc(-c2ccccc2)c1O. The first-order valence-corrected chi connectivity index (χ1v) is 8.91. The predicted molar refractivity (Wildman–Crippen MR) is 111 cm³/mol. The van der Waals surface area contributed by atoms with Crippen LogP contribution in [0.4, 0.5) is 0 Å². The van der Waals surface area contributed by atoms with Gasteiger partial charge in [-0.25, -0.2) is 0 Å². The molecule has 27 heavy (non-hydrogen) atoms. The standard InChI is InChI=1S/C25H20O2/c1-17-15-22(16-24(25(17)27)21-5-3-2-4-6-21)20-9-7-18(8-10-20)19-11-13-23(26)14-12-19/h2-16,26-27H,1H3. The summed E-state index contributed by atoms with van der Waals surface area (Å²) in [5.74, 6) is 0.592. The fraction of sp³-hybridized carbons (Fsp3) is 0.0400. The second-order valence-electron chi connectivity index (χ2n) is 6.68. The molecule has 2 nitrogen and oxygen atoms in total. The number of rotatable bonds is 3. The van der Waals surface area contributed by atoms with E-state index in [1.54, 1.807) is 12.1 Å². The molecule has 2 heteroatoms. The van der Waals surface area contributed by atoms with Crippen molar-refractivity contribution in [2.24, 2.45) is 0 Å². The highest BCUT2D eigenvalue weighted by molar-refractivity contribution is 5.80. The van der Waals surface area contributed by atoms with Gasteiger partial charge in [-0.3, -0.25) is 0 Å². The van der Waals surface area contributed by atoms with E-state index in [0.717, 1.165) is 38.9 Å². The summed E-state index contributed by atoms with van der Waals surface area (Å²) in [6.07, 6.45) is 0. The number of phenols is 2. The second kappa shape index (κ2) is 7.00. The Morgan fingerprint density at radius 1 is 0.519 bits per heavy atom. The molecule has 0 aliphatic heterocycles. The molecule has 4 aromatic carbocycles. The summed E-state index contributed by atoms with van der Waals surface area (Å²) in [4.78, 5) is 0. The van der Waals surface area contributed by atoms with Crippen molar-refractivity contribution in [1.82, 2.24) is 0 Å². The van der Waals surface area contributed by atoms with Crippen LogP contribution >= 0.6 is 0 Å². The number of hydrogen-bond acceptors (Lipinski definition) is 2. The average Bonchev–Trinajstić information content (AvgIpc) is 2.71. The first-order valence-electron chi connectivity index (χ1n) is 8.91. The van der Waals surface area contributed by atoms with Gasteiger partial charge in [0.1, 0.15) is 11.5 Å². The largest absolute Gasteiger partial charge is 0.508 e. The lowest BCUT2D eigenvalue weighted by Gasteiger charge is -2.12. The summed E-state index contributed by atoms with van der Waals surface area (Å²) < 4.78 is 0. The lowest BCUT2D eigenvalue weighted by molar-refractivity contribution is 0.473. The Bertz CT molecular complexity index is 1060. The number of aryl methyl sites for hydroxylation is 1. The van der Waals surface area contributed by atoms with Crippen LogP contribution in [-0.4, -0.2) is 10.2 Å². The highest BCUT2D eigenvalue weighted by Gasteiger charge is 2.10. The van der Waals surface area contributed by atoms with E-state index in [9.17, 15) is 10.2 Å². The zero-order valence-electron chi connectivity index (χ0n) is 15.1. The van der Waals surface area contributed by atoms with E-state index < -0.39 is 0 Å². The zero-order chi connectivity index (χ0) is 18.8. The summed E-state index contributed by atoms with van der Waals surface area (Å²) in [5.41, 5.74) is 7.02. The maximum atomic E-state index is 10.5. The predicted octanol–water partition coefficient (Wildman–Crippen LogP) is 6.41. The van der Waals surface area contributed by atoms with Gasteiger partial charge in [-0.2, -0.15) is 0 Å². The van der Waals surface area contributed by atoms with Gasteiger partial charge in [-0.1, -0.05) is 66.7 Å². The molecular weight excluding hydrogens is 332 g/mol. The third-order valence-electron chi connectivity index (χ3n) is 4.80. The molecule has 0 aliphatic carbocycles. The summed E-state index contributed by atoms with van der Waals surface area (Å²) in [5, 5.41) is 20.0. The van der Waals surface area contributed by atoms with Crippen LogP contribution in [0.3, 0.4) is 0 Å². The molecule has 0 spiro atoms. The lowest BCUT2D eigenvalue weighted by atomic mass is 9.94. The topological polar surface area (TPSA) is 40.5 Å². The van der Waals surface area contributed by atoms with Crippen LogP contribution in [0.2, 0.25) is 0 Å². The summed E-state index contributed by atoms with van der Waals surface area (Å²) in [6, 6.07) is 29.5. The van der Waals surface area contributed by atoms with Gasteiger partial charge in [0.05, 0.1) is 0 Å². The fourth-order valence-corrected chi connectivity index (χ4v) is 3.29. The molecule has 0 saturated heterocycles. The minimum atomic E-state index is 0.267. The zero-order valence-corrected chi connectivity index (χ0v) is 15.1. The summed E-state index contributed by atoms with van der Waals surface area (Å²) >= 11 is 0. The monoisotopic (exact) mass is 352 g/mol. The van der Waals surface area contributed by atoms with Gasteiger partial charge < -0.3 is 10.2 Å². The van der Waals surface area contributed by atoms with E-state index in [4.69, 9.17) is 0 Å². The number of aromatic hydroxyl groups is 2. The highest BCUT2D eigenvalue weighted by atomic mass is 16.3. The Labute approximate surface area is 159 Å². The first kappa shape index (κ1) is 16.9. The van der Waals surface area contributed by atoms with Crippen molar-refractivity contribution >= 4 is 0 Å². The Kier molecular flexibility index (Phi) is 4.39. The minimum Gasteiger partial charge on any atom is -0.508 e. The summed E-state index contributed by atoms with van der Waals surface area (Å²) in [7, 11) is 0. The van der Waals surface area contributed by atoms with Gasteiger partial charge >= 0.3 is 0 Å². The molecular formula is C25H20O2. The van der Waals surface area contributed by atoms with Crippen molar-refractivity contribution in [3.8, 4) is 44.9 Å². The number of benzene rings is 4. The molecule has 4 aromatic rings. The van der Waals surface area contributed by atoms with Crippen molar-refractivity contribution in [2.45, 2.75) is 6.92 Å². The van der Waals surface area contributed by atoms with Gasteiger partial charge in [0, 0.05) is 5.56 Å². The van der Waals surface area contributed by atoms with Crippen molar-refractivity contribution in [2.75, 3.05) is 0 Å². The molecule has 0 heterocycles. The molecule has 0 fully saturated rings. The Balaban J connectivity index is 1.73. The molecule has 0 aliphatic rings. The normalized spacial score (nSPS) is 10.7. The van der Waals surface area contributed by atoms with E-state index in [0.29, 0.717) is 5.75 Å². The molecule has 0 bridgehead atoms. The molecule has 0 unspecified atom stereocenters. The van der Waals surface area contributed by atoms with E-state index in [-0.39, 0.29) is 5.75 Å². The van der Waals surface area contributed by atoms with Gasteiger partial charge in [-0.15, -0.1) is 0 Å². The van der Waals surface area contributed by atoms with E-state index in [2.05, 4.69) is 24.3 Å². The number of phenolic OH excluding ortho intramolecular Hbond substituents is 2. The molecule has 0 saturated carbocycles.